The van der Waals surface area contributed by atoms with Gasteiger partial charge in [-0.05, 0) is 115 Å². The Morgan fingerprint density at radius 1 is 0.711 bits per heavy atom. The minimum atomic E-state index is -2.73. The molecule has 5 N–H and O–H groups in total. The number of nitrogens with zero attached hydrogens (tertiary/aromatic N) is 2. The molecule has 2 fully saturated rings. The first kappa shape index (κ1) is 69.4. The minimum Gasteiger partial charge on any atom is -0.407 e. The topological polar surface area (TPSA) is 188 Å². The molecule has 2 aliphatic heterocycles. The highest BCUT2D eigenvalue weighted by Crippen LogP contribution is 2.41. The number of hydrogen-bond donors (Lipinski definition) is 5. The van der Waals surface area contributed by atoms with Crippen LogP contribution in [0.3, 0.4) is 0 Å². The Morgan fingerprint density at radius 2 is 1.09 bits per heavy atom. The number of benzene rings is 2. The fourth-order valence-electron chi connectivity index (χ4n) is 12.1. The molecule has 4 rings (SSSR count). The molecular formula is C61H106N2O12Si. The van der Waals surface area contributed by atoms with E-state index in [-0.39, 0.29) is 77.5 Å². The lowest BCUT2D eigenvalue weighted by Crippen LogP contribution is -2.67. The van der Waals surface area contributed by atoms with Crippen LogP contribution in [-0.4, -0.2) is 164 Å². The summed E-state index contributed by atoms with van der Waals surface area (Å²) < 4.78 is 32.9. The lowest BCUT2D eigenvalue weighted by molar-refractivity contribution is -0.284. The highest BCUT2D eigenvalue weighted by molar-refractivity contribution is 6.99. The molecule has 2 aromatic carbocycles. The highest BCUT2D eigenvalue weighted by atomic mass is 28.4. The van der Waals surface area contributed by atoms with Gasteiger partial charge in [0.15, 0.2) is 12.6 Å². The van der Waals surface area contributed by atoms with Crippen molar-refractivity contribution in [2.75, 3.05) is 41.4 Å². The van der Waals surface area contributed by atoms with E-state index < -0.39 is 56.5 Å². The maximum absolute atomic E-state index is 12.3. The van der Waals surface area contributed by atoms with Crippen LogP contribution in [-0.2, 0) is 33.0 Å². The van der Waals surface area contributed by atoms with Gasteiger partial charge in [0, 0.05) is 54.9 Å². The molecule has 0 spiro atoms. The number of aliphatic hydroxyl groups is 5. The van der Waals surface area contributed by atoms with Crippen molar-refractivity contribution in [2.45, 2.75) is 213 Å². The van der Waals surface area contributed by atoms with Crippen LogP contribution >= 0.6 is 0 Å². The maximum atomic E-state index is 12.3. The third kappa shape index (κ3) is 19.0. The van der Waals surface area contributed by atoms with Gasteiger partial charge in [0.05, 0.1) is 47.8 Å². The Bertz CT molecular complexity index is 1920. The van der Waals surface area contributed by atoms with Gasteiger partial charge in [-0.3, -0.25) is 0 Å². The molecule has 19 atom stereocenters. The number of hydrogen-bond acceptors (Lipinski definition) is 14. The lowest BCUT2D eigenvalue weighted by atomic mass is 9.78. The van der Waals surface area contributed by atoms with Crippen LogP contribution in [0.25, 0.3) is 0 Å². The second kappa shape index (κ2) is 31.3. The van der Waals surface area contributed by atoms with Gasteiger partial charge in [-0.15, -0.1) is 6.58 Å². The van der Waals surface area contributed by atoms with Crippen LogP contribution in [0.1, 0.15) is 136 Å². The first-order chi connectivity index (χ1) is 35.3. The summed E-state index contributed by atoms with van der Waals surface area (Å²) >= 11 is 0. The Balaban J connectivity index is 0.000000559. The van der Waals surface area contributed by atoms with Gasteiger partial charge >= 0.3 is 6.15 Å². The molecular weight excluding hydrogens is 981 g/mol. The molecule has 14 nitrogen and oxygen atoms in total. The Morgan fingerprint density at radius 3 is 1.43 bits per heavy atom. The maximum Gasteiger partial charge on any atom is 0.373 e. The number of ether oxygens (including phenoxy) is 4. The Hall–Kier alpha value is -2.70. The zero-order chi connectivity index (χ0) is 58.1. The standard InChI is InChI=1S/C39H63NO5Si.C21H43NO5.CO2/c1-13-28(3)35(41)31(6)36(45-37-30(5)34(40(11)12)24-29(4)44-37)39(10,42)25-27(2)26-43-46(38(7,8)9,32-20-16-14-17-21-32)33-22-18-15-19-23-33;1-9-18(24)16(5)19(21(6,25)11-13(2)12-23)27-20-15(4)17(22(7)8)10-14(3)26-20;2-1-3/h13-23,27-31,34-37,41-42H,1,24-26H2,2-12H3;13-20,23-25H,9-12H2,1-8H3;/t27-,28+,29-,30-,31+,34+,35-,36-,37?,39-;13-,14-,15-,16+,17+,18-,19-,20?,21-;/m11./s1. The van der Waals surface area contributed by atoms with E-state index in [4.69, 9.17) is 33.0 Å². The second-order valence-corrected chi connectivity index (χ2v) is 29.2. The van der Waals surface area contributed by atoms with Crippen LogP contribution in [0, 0.1) is 41.4 Å². The van der Waals surface area contributed by atoms with Crippen molar-refractivity contribution in [2.24, 2.45) is 41.4 Å². The van der Waals surface area contributed by atoms with E-state index in [2.05, 4.69) is 154 Å². The molecule has 0 radical (unpaired) electrons. The first-order valence-corrected chi connectivity index (χ1v) is 30.0. The average molecular weight is 1090 g/mol. The van der Waals surface area contributed by atoms with Crippen LogP contribution in [0.15, 0.2) is 73.3 Å². The van der Waals surface area contributed by atoms with Crippen LogP contribution in [0.5, 0.6) is 0 Å². The van der Waals surface area contributed by atoms with Gasteiger partial charge in [0.2, 0.25) is 0 Å². The molecule has 2 heterocycles. The molecule has 2 aliphatic rings. The van der Waals surface area contributed by atoms with Crippen molar-refractivity contribution in [3.8, 4) is 0 Å². The SMILES string of the molecule is C=C[C@H](C)[C@@H](O)[C@H](C)[C@@H](OC1O[C@H](C)C[C@H](N(C)C)[C@H]1C)[C@](C)(O)C[C@@H](C)CO[Si](c1ccccc1)(c1ccccc1)C(C)(C)C.CC[C@@H](O)[C@H](C)[C@@H](OC1O[C@H](C)C[C@H](N(C)C)[C@H]1C)[C@](C)(O)C[C@@H](C)CO.O=C=O. The lowest BCUT2D eigenvalue weighted by Gasteiger charge is -2.47. The third-order valence-electron chi connectivity index (χ3n) is 16.3. The first-order valence-electron chi connectivity index (χ1n) is 28.0. The van der Waals surface area contributed by atoms with Crippen molar-refractivity contribution in [1.29, 1.82) is 0 Å². The van der Waals surface area contributed by atoms with Crippen molar-refractivity contribution in [3.63, 3.8) is 0 Å². The Labute approximate surface area is 461 Å². The van der Waals surface area contributed by atoms with Gasteiger partial charge < -0.3 is 58.7 Å². The van der Waals surface area contributed by atoms with Crippen LogP contribution < -0.4 is 10.4 Å². The number of carbonyl (C=O) groups excluding carboxylic acids is 2. The van der Waals surface area contributed by atoms with E-state index in [0.717, 1.165) is 12.8 Å². The largest absolute Gasteiger partial charge is 0.407 e. The molecule has 436 valence electrons. The molecule has 0 aromatic heterocycles. The van der Waals surface area contributed by atoms with Gasteiger partial charge in [-0.1, -0.05) is 143 Å². The zero-order valence-electron chi connectivity index (χ0n) is 50.3. The van der Waals surface area contributed by atoms with Crippen molar-refractivity contribution in [1.82, 2.24) is 9.80 Å². The van der Waals surface area contributed by atoms with Crippen molar-refractivity contribution in [3.05, 3.63) is 73.3 Å². The Kier molecular flexibility index (Phi) is 28.6. The van der Waals surface area contributed by atoms with Gasteiger partial charge in [-0.2, -0.15) is 9.59 Å². The predicted molar refractivity (Wildman–Crippen MR) is 305 cm³/mol. The molecule has 0 saturated carbocycles. The summed E-state index contributed by atoms with van der Waals surface area (Å²) in [5.74, 6) is -0.638. The molecule has 0 aliphatic carbocycles. The van der Waals surface area contributed by atoms with Gasteiger partial charge in [-0.25, -0.2) is 0 Å². The summed E-state index contributed by atoms with van der Waals surface area (Å²) in [6.07, 6.45) is 1.80. The van der Waals surface area contributed by atoms with E-state index in [1.54, 1.807) is 13.0 Å². The van der Waals surface area contributed by atoms with Gasteiger partial charge in [0.1, 0.15) is 0 Å². The fraction of sp³-hybridized carbons (Fsp3) is 0.754. The number of aliphatic hydroxyl groups excluding tert-OH is 3. The van der Waals surface area contributed by atoms with Crippen molar-refractivity contribution < 1.29 is 58.5 Å². The normalized spacial score (nSPS) is 27.5. The van der Waals surface area contributed by atoms with Crippen LogP contribution in [0.2, 0.25) is 5.04 Å². The summed E-state index contributed by atoms with van der Waals surface area (Å²) in [6.45, 7) is 35.0. The monoisotopic (exact) mass is 1090 g/mol. The average Bonchev–Trinajstić information content (AvgIpc) is 3.35. The molecule has 0 amide bonds. The minimum absolute atomic E-state index is 0.00191. The zero-order valence-corrected chi connectivity index (χ0v) is 51.3. The van der Waals surface area contributed by atoms with E-state index >= 15 is 0 Å². The van der Waals surface area contributed by atoms with E-state index in [0.29, 0.717) is 31.9 Å². The molecule has 2 saturated heterocycles. The van der Waals surface area contributed by atoms with Gasteiger partial charge in [0.25, 0.3) is 8.32 Å². The van der Waals surface area contributed by atoms with E-state index in [1.807, 2.05) is 48.5 Å². The smallest absolute Gasteiger partial charge is 0.373 e. The summed E-state index contributed by atoms with van der Waals surface area (Å²) in [5.41, 5.74) is -2.46. The van der Waals surface area contributed by atoms with Crippen molar-refractivity contribution >= 4 is 24.8 Å². The summed E-state index contributed by atoms with van der Waals surface area (Å²) in [6, 6.07) is 21.9. The summed E-state index contributed by atoms with van der Waals surface area (Å²) in [4.78, 5) is 20.7. The molecule has 2 unspecified atom stereocenters. The van der Waals surface area contributed by atoms with E-state index in [9.17, 15) is 25.5 Å². The molecule has 0 bridgehead atoms. The fourth-order valence-corrected chi connectivity index (χ4v) is 16.8. The molecule has 76 heavy (non-hydrogen) atoms. The number of rotatable bonds is 25. The predicted octanol–water partition coefficient (Wildman–Crippen LogP) is 7.91. The molecule has 2 aromatic rings. The second-order valence-electron chi connectivity index (χ2n) is 24.8. The van der Waals surface area contributed by atoms with E-state index in [1.165, 1.54) is 10.4 Å². The highest BCUT2D eigenvalue weighted by Gasteiger charge is 2.52. The third-order valence-corrected chi connectivity index (χ3v) is 21.3. The van der Waals surface area contributed by atoms with Crippen LogP contribution in [0.4, 0.5) is 0 Å². The summed E-state index contributed by atoms with van der Waals surface area (Å²) in [5, 5.41) is 57.1. The quantitative estimate of drug-likeness (QED) is 0.0477. The molecule has 15 heteroatoms. The summed E-state index contributed by atoms with van der Waals surface area (Å²) in [7, 11) is 5.58.